The van der Waals surface area contributed by atoms with E-state index < -0.39 is 0 Å². The lowest BCUT2D eigenvalue weighted by Crippen LogP contribution is -2.22. The summed E-state index contributed by atoms with van der Waals surface area (Å²) in [6.45, 7) is 0.971. The zero-order valence-electron chi connectivity index (χ0n) is 11.8. The number of carbonyl (C=O) groups is 1. The Balaban J connectivity index is 2.38. The zero-order valence-corrected chi connectivity index (χ0v) is 11.8. The number of phenols is 1. The van der Waals surface area contributed by atoms with Gasteiger partial charge in [0.2, 0.25) is 5.91 Å². The van der Waals surface area contributed by atoms with Crippen LogP contribution < -0.4 is 10.1 Å². The summed E-state index contributed by atoms with van der Waals surface area (Å²) in [6.07, 6.45) is 4.55. The van der Waals surface area contributed by atoms with Gasteiger partial charge in [0.15, 0.2) is 11.5 Å². The van der Waals surface area contributed by atoms with Crippen LogP contribution in [0.25, 0.3) is 16.5 Å². The van der Waals surface area contributed by atoms with Crippen molar-refractivity contribution < 1.29 is 14.6 Å². The van der Waals surface area contributed by atoms with Crippen LogP contribution in [0.2, 0.25) is 0 Å². The van der Waals surface area contributed by atoms with Gasteiger partial charge >= 0.3 is 0 Å². The van der Waals surface area contributed by atoms with Gasteiger partial charge in [-0.2, -0.15) is 0 Å². The summed E-state index contributed by atoms with van der Waals surface area (Å²) >= 11 is 0. The molecule has 7 nitrogen and oxygen atoms in total. The molecule has 0 aliphatic heterocycles. The number of phenolic OH excluding ortho intramolecular Hbond substituents is 1. The van der Waals surface area contributed by atoms with E-state index in [1.165, 1.54) is 19.3 Å². The number of nitrogens with zero attached hydrogens (tertiary/aromatic N) is 3. The molecule has 0 aliphatic carbocycles. The maximum Gasteiger partial charge on any atom is 0.243 e. The predicted molar refractivity (Wildman–Crippen MR) is 79.9 cm³/mol. The van der Waals surface area contributed by atoms with E-state index in [-0.39, 0.29) is 11.7 Å². The van der Waals surface area contributed by atoms with Crippen LogP contribution in [-0.4, -0.2) is 31.2 Å². The number of amides is 1. The average molecular weight is 290 g/mol. The van der Waals surface area contributed by atoms with Crippen molar-refractivity contribution in [3.63, 3.8) is 0 Å². The topological polar surface area (TPSA) is 107 Å². The van der Waals surface area contributed by atoms with Gasteiger partial charge in [-0.05, 0) is 42.1 Å². The number of carbonyl (C=O) groups excluding carboxylic acids is 1. The van der Waals surface area contributed by atoms with Gasteiger partial charge in [-0.1, -0.05) is 11.2 Å². The third kappa shape index (κ3) is 6.35. The maximum absolute atomic E-state index is 11.6. The molecule has 1 rings (SSSR count). The third-order valence-corrected chi connectivity index (χ3v) is 2.68. The minimum absolute atomic E-state index is 0.0547. The van der Waals surface area contributed by atoms with Crippen LogP contribution in [0.4, 0.5) is 0 Å². The molecular weight excluding hydrogens is 272 g/mol. The number of methoxy groups -OCH3 is 1. The highest BCUT2D eigenvalue weighted by Crippen LogP contribution is 2.26. The van der Waals surface area contributed by atoms with Crippen molar-refractivity contribution in [2.24, 2.45) is 5.11 Å². The molecular formula is C14H18N4O3. The molecule has 0 bridgehead atoms. The molecule has 0 spiro atoms. The molecule has 0 aromatic heterocycles. The Morgan fingerprint density at radius 1 is 1.52 bits per heavy atom. The Labute approximate surface area is 122 Å². The van der Waals surface area contributed by atoms with Crippen molar-refractivity contribution in [2.75, 3.05) is 20.2 Å². The summed E-state index contributed by atoms with van der Waals surface area (Å²) in [5.74, 6) is 0.209. The van der Waals surface area contributed by atoms with Gasteiger partial charge in [0.25, 0.3) is 0 Å². The minimum atomic E-state index is -0.203. The minimum Gasteiger partial charge on any atom is -0.504 e. The molecule has 0 fully saturated rings. The summed E-state index contributed by atoms with van der Waals surface area (Å²) in [5, 5.41) is 15.6. The van der Waals surface area contributed by atoms with Gasteiger partial charge < -0.3 is 15.2 Å². The van der Waals surface area contributed by atoms with E-state index in [2.05, 4.69) is 15.3 Å². The predicted octanol–water partition coefficient (Wildman–Crippen LogP) is 2.62. The highest BCUT2D eigenvalue weighted by atomic mass is 16.5. The number of nitrogens with one attached hydrogen (secondary N) is 1. The van der Waals surface area contributed by atoms with Crippen LogP contribution in [0, 0.1) is 0 Å². The first-order chi connectivity index (χ1) is 10.2. The van der Waals surface area contributed by atoms with Gasteiger partial charge in [0.05, 0.1) is 7.11 Å². The van der Waals surface area contributed by atoms with Gasteiger partial charge in [0.1, 0.15) is 0 Å². The normalized spacial score (nSPS) is 10.1. The van der Waals surface area contributed by atoms with Crippen molar-refractivity contribution in [3.8, 4) is 11.5 Å². The number of unbranched alkanes of at least 4 members (excludes halogenated alkanes) is 1. The number of benzene rings is 1. The molecule has 0 heterocycles. The van der Waals surface area contributed by atoms with Crippen molar-refractivity contribution in [2.45, 2.75) is 12.8 Å². The first kappa shape index (κ1) is 16.4. The molecule has 0 saturated heterocycles. The van der Waals surface area contributed by atoms with Crippen molar-refractivity contribution >= 4 is 12.0 Å². The third-order valence-electron chi connectivity index (χ3n) is 2.68. The Morgan fingerprint density at radius 2 is 2.33 bits per heavy atom. The van der Waals surface area contributed by atoms with E-state index in [1.807, 2.05) is 0 Å². The number of hydrogen-bond acceptors (Lipinski definition) is 4. The van der Waals surface area contributed by atoms with Gasteiger partial charge in [0, 0.05) is 24.1 Å². The van der Waals surface area contributed by atoms with E-state index in [1.54, 1.807) is 18.2 Å². The van der Waals surface area contributed by atoms with Crippen LogP contribution >= 0.6 is 0 Å². The fourth-order valence-electron chi connectivity index (χ4n) is 1.59. The van der Waals surface area contributed by atoms with Crippen molar-refractivity contribution in [1.29, 1.82) is 0 Å². The van der Waals surface area contributed by atoms with Crippen LogP contribution in [0.5, 0.6) is 11.5 Å². The van der Waals surface area contributed by atoms with E-state index in [9.17, 15) is 9.90 Å². The monoisotopic (exact) mass is 290 g/mol. The Bertz CT molecular complexity index is 551. The molecule has 7 heteroatoms. The molecule has 0 atom stereocenters. The van der Waals surface area contributed by atoms with E-state index in [0.29, 0.717) is 18.8 Å². The second-order valence-corrected chi connectivity index (χ2v) is 4.22. The summed E-state index contributed by atoms with van der Waals surface area (Å²) in [6, 6.07) is 4.83. The highest BCUT2D eigenvalue weighted by Gasteiger charge is 2.01. The lowest BCUT2D eigenvalue weighted by atomic mass is 10.2. The largest absolute Gasteiger partial charge is 0.504 e. The molecule has 112 valence electrons. The number of azide groups is 1. The SMILES string of the molecule is COc1cc(C=CC(=O)NCCCCN=[N+]=[N-])ccc1O. The Kier molecular flexibility index (Phi) is 7.24. The second-order valence-electron chi connectivity index (χ2n) is 4.22. The molecule has 0 aliphatic rings. The summed E-state index contributed by atoms with van der Waals surface area (Å²) < 4.78 is 4.99. The molecule has 0 radical (unpaired) electrons. The van der Waals surface area contributed by atoms with Crippen LogP contribution in [0.3, 0.4) is 0 Å². The average Bonchev–Trinajstić information content (AvgIpc) is 2.50. The standard InChI is InChI=1S/C14H18N4O3/c1-21-13-10-11(4-6-12(13)19)5-7-14(20)16-8-2-3-9-17-18-15/h4-7,10,19H,2-3,8-9H2,1H3,(H,16,20). The van der Waals surface area contributed by atoms with Crippen LogP contribution in [-0.2, 0) is 4.79 Å². The lowest BCUT2D eigenvalue weighted by molar-refractivity contribution is -0.116. The molecule has 2 N–H and O–H groups in total. The van der Waals surface area contributed by atoms with Crippen LogP contribution in [0.1, 0.15) is 18.4 Å². The molecule has 1 aromatic carbocycles. The van der Waals surface area contributed by atoms with E-state index in [4.69, 9.17) is 10.3 Å². The molecule has 1 amide bonds. The number of hydrogen-bond donors (Lipinski definition) is 2. The van der Waals surface area contributed by atoms with Crippen molar-refractivity contribution in [3.05, 3.63) is 40.3 Å². The first-order valence-electron chi connectivity index (χ1n) is 6.51. The second kappa shape index (κ2) is 9.28. The lowest BCUT2D eigenvalue weighted by Gasteiger charge is -2.04. The van der Waals surface area contributed by atoms with E-state index in [0.717, 1.165) is 18.4 Å². The molecule has 1 aromatic rings. The molecule has 0 saturated carbocycles. The van der Waals surface area contributed by atoms with Crippen LogP contribution in [0.15, 0.2) is 29.4 Å². The first-order valence-corrected chi connectivity index (χ1v) is 6.51. The number of aromatic hydroxyl groups is 1. The Morgan fingerprint density at radius 3 is 3.05 bits per heavy atom. The Hall–Kier alpha value is -2.66. The fourth-order valence-corrected chi connectivity index (χ4v) is 1.59. The number of rotatable bonds is 8. The molecule has 0 unspecified atom stereocenters. The van der Waals surface area contributed by atoms with Gasteiger partial charge in [-0.3, -0.25) is 4.79 Å². The maximum atomic E-state index is 11.6. The van der Waals surface area contributed by atoms with Crippen molar-refractivity contribution in [1.82, 2.24) is 5.32 Å². The quantitative estimate of drug-likeness (QED) is 0.252. The molecule has 21 heavy (non-hydrogen) atoms. The number of ether oxygens (including phenoxy) is 1. The van der Waals surface area contributed by atoms with E-state index >= 15 is 0 Å². The smallest absolute Gasteiger partial charge is 0.243 e. The summed E-state index contributed by atoms with van der Waals surface area (Å²) in [7, 11) is 1.46. The van der Waals surface area contributed by atoms with Gasteiger partial charge in [-0.15, -0.1) is 0 Å². The fraction of sp³-hybridized carbons (Fsp3) is 0.357. The highest BCUT2D eigenvalue weighted by molar-refractivity contribution is 5.91. The zero-order chi connectivity index (χ0) is 15.5. The summed E-state index contributed by atoms with van der Waals surface area (Å²) in [4.78, 5) is 14.2. The summed E-state index contributed by atoms with van der Waals surface area (Å²) in [5.41, 5.74) is 8.85. The van der Waals surface area contributed by atoms with Gasteiger partial charge in [-0.25, -0.2) is 0 Å².